The molecule has 0 aromatic heterocycles. The summed E-state index contributed by atoms with van der Waals surface area (Å²) in [6.45, 7) is 9.42. The minimum atomic E-state index is -1.80. The molecule has 0 radical (unpaired) electrons. The van der Waals surface area contributed by atoms with Crippen LogP contribution in [0.1, 0.15) is 70.9 Å². The number of phenols is 2. The van der Waals surface area contributed by atoms with Gasteiger partial charge in [-0.05, 0) is 77.5 Å². The van der Waals surface area contributed by atoms with Gasteiger partial charge in [0.1, 0.15) is 0 Å². The smallest absolute Gasteiger partial charge is 0.492 e. The summed E-state index contributed by atoms with van der Waals surface area (Å²) in [6.07, 6.45) is 6.50. The van der Waals surface area contributed by atoms with E-state index in [1.54, 1.807) is 6.07 Å². The molecule has 1 aromatic rings. The highest BCUT2D eigenvalue weighted by Crippen LogP contribution is 2.63. The summed E-state index contributed by atoms with van der Waals surface area (Å²) in [7, 11) is -1.80. The lowest BCUT2D eigenvalue weighted by Gasteiger charge is -2.52. The molecule has 0 saturated heterocycles. The first-order valence-electron chi connectivity index (χ1n) is 10.3. The van der Waals surface area contributed by atoms with Crippen molar-refractivity contribution in [1.29, 1.82) is 0 Å². The van der Waals surface area contributed by atoms with E-state index in [9.17, 15) is 20.3 Å². The number of aromatic hydroxyl groups is 2. The maximum atomic E-state index is 10.3. The van der Waals surface area contributed by atoms with E-state index in [0.29, 0.717) is 18.3 Å². The quantitative estimate of drug-likeness (QED) is 0.452. The summed E-state index contributed by atoms with van der Waals surface area (Å²) < 4.78 is 0. The van der Waals surface area contributed by atoms with Gasteiger partial charge in [-0.2, -0.15) is 0 Å². The van der Waals surface area contributed by atoms with Crippen molar-refractivity contribution in [3.63, 3.8) is 0 Å². The Hall–Kier alpha value is -1.46. The van der Waals surface area contributed by atoms with Crippen LogP contribution in [-0.4, -0.2) is 27.4 Å². The van der Waals surface area contributed by atoms with E-state index in [2.05, 4.69) is 27.7 Å². The van der Waals surface area contributed by atoms with Gasteiger partial charge in [-0.1, -0.05) is 39.7 Å². The molecule has 4 rings (SSSR count). The number of phenolic OH excluding ortho intramolecular Hbond substituents is 2. The lowest BCUT2D eigenvalue weighted by atomic mass is 9.52. The maximum Gasteiger partial charge on any atom is 0.492 e. The first kappa shape index (κ1) is 18.9. The minimum Gasteiger partial charge on any atom is -0.505 e. The molecule has 0 spiro atoms. The van der Waals surface area contributed by atoms with Crippen LogP contribution in [0.5, 0.6) is 11.5 Å². The van der Waals surface area contributed by atoms with Crippen LogP contribution >= 0.6 is 0 Å². The molecule has 1 unspecified atom stereocenters. The standard InChI is InChI=1S/C22H31BO4/c1-12-6-7-17-21(2,3)8-5-9-22(17,4)18-13(12)10-15-14(18)11-16(24)20(25)19(15)23(26)27/h11-12,17,24-27H,5-10H2,1-4H3/t12?,17-,22-/m1/s1. The van der Waals surface area contributed by atoms with E-state index in [1.165, 1.54) is 30.4 Å². The third-order valence-electron chi connectivity index (χ3n) is 7.93. The lowest BCUT2D eigenvalue weighted by Crippen LogP contribution is -2.42. The van der Waals surface area contributed by atoms with Crippen LogP contribution in [0, 0.1) is 22.7 Å². The summed E-state index contributed by atoms with van der Waals surface area (Å²) >= 11 is 0. The van der Waals surface area contributed by atoms with Crippen molar-refractivity contribution in [2.75, 3.05) is 0 Å². The van der Waals surface area contributed by atoms with Gasteiger partial charge in [0.05, 0.1) is 0 Å². The SMILES string of the molecule is CC1CC[C@@H]2C(C)(C)CCC[C@@]2(C)C2=C1Cc1c2cc(O)c(O)c1B(O)O. The summed E-state index contributed by atoms with van der Waals surface area (Å²) in [5.74, 6) is 0.300. The highest BCUT2D eigenvalue weighted by molar-refractivity contribution is 6.60. The molecule has 4 N–H and O–H groups in total. The second kappa shape index (κ2) is 6.02. The zero-order valence-corrected chi connectivity index (χ0v) is 16.8. The van der Waals surface area contributed by atoms with E-state index in [-0.39, 0.29) is 22.0 Å². The first-order valence-corrected chi connectivity index (χ1v) is 10.3. The van der Waals surface area contributed by atoms with Crippen molar-refractivity contribution in [2.45, 2.75) is 66.2 Å². The van der Waals surface area contributed by atoms with Crippen LogP contribution in [0.25, 0.3) is 5.57 Å². The van der Waals surface area contributed by atoms with Gasteiger partial charge in [0.2, 0.25) is 0 Å². The Morgan fingerprint density at radius 2 is 1.78 bits per heavy atom. The van der Waals surface area contributed by atoms with Crippen molar-refractivity contribution in [1.82, 2.24) is 0 Å². The second-order valence-corrected chi connectivity index (χ2v) is 9.93. The molecule has 3 aliphatic rings. The Morgan fingerprint density at radius 3 is 2.44 bits per heavy atom. The van der Waals surface area contributed by atoms with Crippen molar-refractivity contribution in [2.24, 2.45) is 22.7 Å². The molecule has 3 aliphatic carbocycles. The molecule has 146 valence electrons. The van der Waals surface area contributed by atoms with Gasteiger partial charge in [-0.3, -0.25) is 0 Å². The first-order chi connectivity index (χ1) is 12.6. The summed E-state index contributed by atoms with van der Waals surface area (Å²) in [5.41, 5.74) is 4.70. The molecule has 5 heteroatoms. The average Bonchev–Trinajstić information content (AvgIpc) is 2.88. The van der Waals surface area contributed by atoms with Crippen LogP contribution < -0.4 is 5.46 Å². The normalized spacial score (nSPS) is 31.8. The number of allylic oxidation sites excluding steroid dienone is 2. The van der Waals surface area contributed by atoms with Gasteiger partial charge < -0.3 is 20.3 Å². The van der Waals surface area contributed by atoms with Gasteiger partial charge in [-0.25, -0.2) is 0 Å². The monoisotopic (exact) mass is 370 g/mol. The largest absolute Gasteiger partial charge is 0.505 e. The van der Waals surface area contributed by atoms with Crippen molar-refractivity contribution >= 4 is 18.2 Å². The number of fused-ring (bicyclic) bond motifs is 4. The van der Waals surface area contributed by atoms with Gasteiger partial charge in [0.25, 0.3) is 0 Å². The average molecular weight is 370 g/mol. The second-order valence-electron chi connectivity index (χ2n) is 9.93. The molecule has 0 aliphatic heterocycles. The van der Waals surface area contributed by atoms with Crippen LogP contribution in [0.15, 0.2) is 11.6 Å². The van der Waals surface area contributed by atoms with Crippen LogP contribution in [0.3, 0.4) is 0 Å². The molecule has 0 amide bonds. The number of hydrogen-bond donors (Lipinski definition) is 4. The zero-order chi connectivity index (χ0) is 19.7. The maximum absolute atomic E-state index is 10.3. The Labute approximate surface area is 162 Å². The Bertz CT molecular complexity index is 826. The highest BCUT2D eigenvalue weighted by Gasteiger charge is 2.52. The van der Waals surface area contributed by atoms with Gasteiger partial charge in [0.15, 0.2) is 11.5 Å². The molecule has 4 nitrogen and oxygen atoms in total. The Balaban J connectivity index is 1.97. The fraction of sp³-hybridized carbons (Fsp3) is 0.636. The minimum absolute atomic E-state index is 0.00812. The topological polar surface area (TPSA) is 80.9 Å². The van der Waals surface area contributed by atoms with Crippen molar-refractivity contribution in [3.8, 4) is 11.5 Å². The van der Waals surface area contributed by atoms with Crippen molar-refractivity contribution in [3.05, 3.63) is 22.8 Å². The number of rotatable bonds is 1. The van der Waals surface area contributed by atoms with Gasteiger partial charge >= 0.3 is 7.12 Å². The highest BCUT2D eigenvalue weighted by atomic mass is 16.4. The van der Waals surface area contributed by atoms with Crippen LogP contribution in [-0.2, 0) is 6.42 Å². The molecular formula is C22H31BO4. The van der Waals surface area contributed by atoms with E-state index < -0.39 is 12.9 Å². The van der Waals surface area contributed by atoms with Crippen LogP contribution in [0.2, 0.25) is 0 Å². The summed E-state index contributed by atoms with van der Waals surface area (Å²) in [5, 5.41) is 40.4. The zero-order valence-electron chi connectivity index (χ0n) is 16.8. The number of benzene rings is 1. The molecular weight excluding hydrogens is 339 g/mol. The van der Waals surface area contributed by atoms with Gasteiger partial charge in [0, 0.05) is 5.46 Å². The fourth-order valence-corrected chi connectivity index (χ4v) is 6.68. The molecule has 0 heterocycles. The molecule has 0 bridgehead atoms. The predicted molar refractivity (Wildman–Crippen MR) is 108 cm³/mol. The third kappa shape index (κ3) is 2.58. The molecule has 27 heavy (non-hydrogen) atoms. The molecule has 1 saturated carbocycles. The molecule has 1 aromatic carbocycles. The summed E-state index contributed by atoms with van der Waals surface area (Å²) in [6, 6.07) is 1.65. The fourth-order valence-electron chi connectivity index (χ4n) is 6.68. The third-order valence-corrected chi connectivity index (χ3v) is 7.93. The van der Waals surface area contributed by atoms with E-state index in [1.807, 2.05) is 0 Å². The Morgan fingerprint density at radius 1 is 1.07 bits per heavy atom. The number of hydrogen-bond acceptors (Lipinski definition) is 4. The van der Waals surface area contributed by atoms with E-state index in [4.69, 9.17) is 0 Å². The van der Waals surface area contributed by atoms with Crippen LogP contribution in [0.4, 0.5) is 0 Å². The molecule has 3 atom stereocenters. The molecule has 1 fully saturated rings. The van der Waals surface area contributed by atoms with Crippen molar-refractivity contribution < 1.29 is 20.3 Å². The predicted octanol–water partition coefficient (Wildman–Crippen LogP) is 3.35. The lowest BCUT2D eigenvalue weighted by molar-refractivity contribution is 0.0349. The Kier molecular flexibility index (Phi) is 4.21. The van der Waals surface area contributed by atoms with E-state index >= 15 is 0 Å². The van der Waals surface area contributed by atoms with Gasteiger partial charge in [-0.15, -0.1) is 0 Å². The van der Waals surface area contributed by atoms with E-state index in [0.717, 1.165) is 24.0 Å². The summed E-state index contributed by atoms with van der Waals surface area (Å²) in [4.78, 5) is 0.